The van der Waals surface area contributed by atoms with E-state index in [0.29, 0.717) is 22.3 Å². The summed E-state index contributed by atoms with van der Waals surface area (Å²) in [4.78, 5) is 17.0. The Morgan fingerprint density at radius 3 is 2.22 bits per heavy atom. The second-order valence-corrected chi connectivity index (χ2v) is 5.39. The van der Waals surface area contributed by atoms with E-state index in [9.17, 15) is 9.90 Å². The summed E-state index contributed by atoms with van der Waals surface area (Å²) in [6, 6.07) is 20.5. The van der Waals surface area contributed by atoms with Gasteiger partial charge in [0.05, 0.1) is 11.3 Å². The predicted molar refractivity (Wildman–Crippen MR) is 89.9 cm³/mol. The third-order valence-corrected chi connectivity index (χ3v) is 4.01. The maximum atomic E-state index is 12.6. The van der Waals surface area contributed by atoms with Crippen molar-refractivity contribution < 1.29 is 9.90 Å². The van der Waals surface area contributed by atoms with Crippen molar-refractivity contribution in [2.24, 2.45) is 0 Å². The first-order valence-corrected chi connectivity index (χ1v) is 7.35. The number of aliphatic hydroxyl groups excluding tert-OH is 1. The van der Waals surface area contributed by atoms with Crippen LogP contribution in [0, 0.1) is 0 Å². The van der Waals surface area contributed by atoms with E-state index in [4.69, 9.17) is 0 Å². The Kier molecular flexibility index (Phi) is 3.05. The second kappa shape index (κ2) is 5.21. The molecule has 0 radical (unpaired) electrons. The predicted octanol–water partition coefficient (Wildman–Crippen LogP) is 4.37. The van der Waals surface area contributed by atoms with Gasteiger partial charge in [0, 0.05) is 22.9 Å². The Hall–Kier alpha value is -3.20. The van der Waals surface area contributed by atoms with Crippen molar-refractivity contribution in [3.63, 3.8) is 0 Å². The number of carbonyl (C=O) groups excluding carboxylic acids is 1. The first-order chi connectivity index (χ1) is 11.3. The van der Waals surface area contributed by atoms with Crippen molar-refractivity contribution in [3.05, 3.63) is 89.6 Å². The molecule has 0 aliphatic heterocycles. The molecule has 0 fully saturated rings. The number of Topliss-reactive ketones (excluding diaryl/α,β-unsaturated/α-hetero) is 1. The molecule has 0 unspecified atom stereocenters. The Morgan fingerprint density at radius 1 is 0.783 bits per heavy atom. The maximum Gasteiger partial charge on any atom is 0.198 e. The van der Waals surface area contributed by atoms with Crippen LogP contribution in [0.2, 0.25) is 0 Å². The lowest BCUT2D eigenvalue weighted by Gasteiger charge is -2.05. The third kappa shape index (κ3) is 2.14. The molecule has 3 aromatic rings. The number of rotatable bonds is 2. The fourth-order valence-corrected chi connectivity index (χ4v) is 2.89. The zero-order chi connectivity index (χ0) is 15.8. The average molecular weight is 299 g/mol. The molecule has 0 saturated heterocycles. The molecule has 0 bridgehead atoms. The van der Waals surface area contributed by atoms with Crippen molar-refractivity contribution in [1.29, 1.82) is 0 Å². The highest BCUT2D eigenvalue weighted by atomic mass is 16.3. The van der Waals surface area contributed by atoms with E-state index in [0.717, 1.165) is 11.3 Å². The van der Waals surface area contributed by atoms with Gasteiger partial charge in [0.1, 0.15) is 5.76 Å². The van der Waals surface area contributed by atoms with Crippen LogP contribution in [0.1, 0.15) is 21.5 Å². The van der Waals surface area contributed by atoms with Crippen LogP contribution in [-0.2, 0) is 0 Å². The lowest BCUT2D eigenvalue weighted by Crippen LogP contribution is -1.99. The van der Waals surface area contributed by atoms with Gasteiger partial charge in [0.25, 0.3) is 0 Å². The van der Waals surface area contributed by atoms with Gasteiger partial charge in [-0.2, -0.15) is 0 Å². The summed E-state index contributed by atoms with van der Waals surface area (Å²) in [6.45, 7) is 0. The smallest absolute Gasteiger partial charge is 0.198 e. The number of hydrogen-bond acceptors (Lipinski definition) is 3. The molecular formula is C20H13NO2. The van der Waals surface area contributed by atoms with Crippen LogP contribution in [0.25, 0.3) is 22.6 Å². The summed E-state index contributed by atoms with van der Waals surface area (Å²) >= 11 is 0. The average Bonchev–Trinajstić information content (AvgIpc) is 2.87. The molecule has 1 N–H and O–H groups in total. The SMILES string of the molecule is O=C1C(c2ccnc(-c3ccccc3)c2)=C(O)c2ccccc21. The number of ketones is 1. The number of aliphatic hydroxyl groups is 1. The summed E-state index contributed by atoms with van der Waals surface area (Å²) in [5.74, 6) is -0.112. The minimum absolute atomic E-state index is 0.0378. The first kappa shape index (κ1) is 13.5. The molecule has 1 aliphatic carbocycles. The number of carbonyl (C=O) groups is 1. The molecule has 0 spiro atoms. The highest BCUT2D eigenvalue weighted by Crippen LogP contribution is 2.37. The van der Waals surface area contributed by atoms with Crippen LogP contribution < -0.4 is 0 Å². The van der Waals surface area contributed by atoms with E-state index in [1.165, 1.54) is 0 Å². The Bertz CT molecular complexity index is 943. The summed E-state index contributed by atoms with van der Waals surface area (Å²) in [5.41, 5.74) is 3.89. The van der Waals surface area contributed by atoms with E-state index in [2.05, 4.69) is 4.98 Å². The van der Waals surface area contributed by atoms with Gasteiger partial charge >= 0.3 is 0 Å². The van der Waals surface area contributed by atoms with Crippen LogP contribution in [0.15, 0.2) is 72.9 Å². The minimum Gasteiger partial charge on any atom is -0.507 e. The van der Waals surface area contributed by atoms with Gasteiger partial charge in [-0.3, -0.25) is 9.78 Å². The molecule has 0 atom stereocenters. The standard InChI is InChI=1S/C20H13NO2/c22-19-15-8-4-5-9-16(15)20(23)18(19)14-10-11-21-17(12-14)13-6-2-1-3-7-13/h1-12,22H. The molecular weight excluding hydrogens is 286 g/mol. The van der Waals surface area contributed by atoms with Gasteiger partial charge in [-0.1, -0.05) is 54.6 Å². The summed E-state index contributed by atoms with van der Waals surface area (Å²) < 4.78 is 0. The van der Waals surface area contributed by atoms with Crippen molar-refractivity contribution in [2.75, 3.05) is 0 Å². The number of pyridine rings is 1. The molecule has 2 aromatic carbocycles. The first-order valence-electron chi connectivity index (χ1n) is 7.35. The number of aromatic nitrogens is 1. The highest BCUT2D eigenvalue weighted by molar-refractivity contribution is 6.38. The fraction of sp³-hybridized carbons (Fsp3) is 0. The number of allylic oxidation sites excluding steroid dienone is 1. The normalized spacial score (nSPS) is 13.3. The number of benzene rings is 2. The minimum atomic E-state index is -0.150. The second-order valence-electron chi connectivity index (χ2n) is 5.39. The Labute approximate surface area is 133 Å². The zero-order valence-corrected chi connectivity index (χ0v) is 12.2. The Balaban J connectivity index is 1.84. The zero-order valence-electron chi connectivity index (χ0n) is 12.2. The van der Waals surface area contributed by atoms with Crippen molar-refractivity contribution in [3.8, 4) is 11.3 Å². The molecule has 0 amide bonds. The van der Waals surface area contributed by atoms with E-state index in [1.807, 2.05) is 42.5 Å². The van der Waals surface area contributed by atoms with E-state index in [1.54, 1.807) is 30.5 Å². The number of nitrogens with zero attached hydrogens (tertiary/aromatic N) is 1. The van der Waals surface area contributed by atoms with E-state index >= 15 is 0 Å². The van der Waals surface area contributed by atoms with E-state index in [-0.39, 0.29) is 11.5 Å². The van der Waals surface area contributed by atoms with E-state index < -0.39 is 0 Å². The highest BCUT2D eigenvalue weighted by Gasteiger charge is 2.30. The Morgan fingerprint density at radius 2 is 1.48 bits per heavy atom. The summed E-state index contributed by atoms with van der Waals surface area (Å²) in [5, 5.41) is 10.5. The molecule has 1 aliphatic rings. The summed E-state index contributed by atoms with van der Waals surface area (Å²) in [6.07, 6.45) is 1.66. The largest absolute Gasteiger partial charge is 0.507 e. The topological polar surface area (TPSA) is 50.2 Å². The van der Waals surface area contributed by atoms with Crippen LogP contribution in [0.5, 0.6) is 0 Å². The van der Waals surface area contributed by atoms with Gasteiger partial charge in [-0.15, -0.1) is 0 Å². The summed E-state index contributed by atoms with van der Waals surface area (Å²) in [7, 11) is 0. The molecule has 1 aromatic heterocycles. The van der Waals surface area contributed by atoms with Crippen molar-refractivity contribution >= 4 is 17.1 Å². The molecule has 0 saturated carbocycles. The maximum absolute atomic E-state index is 12.6. The monoisotopic (exact) mass is 299 g/mol. The third-order valence-electron chi connectivity index (χ3n) is 4.01. The van der Waals surface area contributed by atoms with Gasteiger partial charge in [0.2, 0.25) is 0 Å². The van der Waals surface area contributed by atoms with Gasteiger partial charge in [-0.25, -0.2) is 0 Å². The van der Waals surface area contributed by atoms with Crippen LogP contribution >= 0.6 is 0 Å². The fourth-order valence-electron chi connectivity index (χ4n) is 2.89. The molecule has 110 valence electrons. The number of hydrogen-bond donors (Lipinski definition) is 1. The van der Waals surface area contributed by atoms with Gasteiger partial charge in [0.15, 0.2) is 5.78 Å². The lowest BCUT2D eigenvalue weighted by atomic mass is 10.0. The van der Waals surface area contributed by atoms with Crippen LogP contribution in [0.3, 0.4) is 0 Å². The van der Waals surface area contributed by atoms with Crippen molar-refractivity contribution in [1.82, 2.24) is 4.98 Å². The van der Waals surface area contributed by atoms with Gasteiger partial charge < -0.3 is 5.11 Å². The van der Waals surface area contributed by atoms with Crippen LogP contribution in [-0.4, -0.2) is 15.9 Å². The van der Waals surface area contributed by atoms with Crippen LogP contribution in [0.4, 0.5) is 0 Å². The molecule has 23 heavy (non-hydrogen) atoms. The number of fused-ring (bicyclic) bond motifs is 1. The molecule has 4 rings (SSSR count). The van der Waals surface area contributed by atoms with Gasteiger partial charge in [-0.05, 0) is 17.7 Å². The lowest BCUT2D eigenvalue weighted by molar-refractivity contribution is 0.105. The molecule has 3 heteroatoms. The molecule has 1 heterocycles. The quantitative estimate of drug-likeness (QED) is 0.764. The van der Waals surface area contributed by atoms with Crippen molar-refractivity contribution in [2.45, 2.75) is 0 Å². The molecule has 3 nitrogen and oxygen atoms in total.